The van der Waals surface area contributed by atoms with E-state index >= 15 is 0 Å². The highest BCUT2D eigenvalue weighted by atomic mass is 32.2. The van der Waals surface area contributed by atoms with Gasteiger partial charge >= 0.3 is 0 Å². The Bertz CT molecular complexity index is 355. The first kappa shape index (κ1) is 13.4. The minimum Gasteiger partial charge on any atom is -0.370 e. The number of hydrogen-bond acceptors (Lipinski definition) is 5. The van der Waals surface area contributed by atoms with E-state index in [1.54, 1.807) is 7.05 Å². The number of likely N-dealkylation sites (N-methyl/N-ethyl adjacent to an activating group) is 1. The first-order valence-electron chi connectivity index (χ1n) is 5.26. The average molecular weight is 249 g/mol. The van der Waals surface area contributed by atoms with Gasteiger partial charge in [-0.25, -0.2) is 8.42 Å². The summed E-state index contributed by atoms with van der Waals surface area (Å²) >= 11 is 0. The van der Waals surface area contributed by atoms with Gasteiger partial charge in [0.15, 0.2) is 9.84 Å². The normalized spacial score (nSPS) is 25.8. The van der Waals surface area contributed by atoms with Crippen molar-refractivity contribution in [2.45, 2.75) is 24.9 Å². The summed E-state index contributed by atoms with van der Waals surface area (Å²) < 4.78 is 22.7. The molecule has 6 nitrogen and oxygen atoms in total. The van der Waals surface area contributed by atoms with E-state index in [1.165, 1.54) is 0 Å². The lowest BCUT2D eigenvalue weighted by molar-refractivity contribution is -0.119. The Balaban J connectivity index is 2.62. The molecule has 0 radical (unpaired) electrons. The summed E-state index contributed by atoms with van der Waals surface area (Å²) in [5.41, 5.74) is 10.7. The van der Waals surface area contributed by atoms with Crippen LogP contribution in [0.1, 0.15) is 12.8 Å². The lowest BCUT2D eigenvalue weighted by Crippen LogP contribution is -2.46. The molecule has 0 aliphatic carbocycles. The molecule has 0 aromatic carbocycles. The molecule has 1 rings (SSSR count). The van der Waals surface area contributed by atoms with Gasteiger partial charge in [-0.05, 0) is 13.5 Å². The Morgan fingerprint density at radius 1 is 1.56 bits per heavy atom. The van der Waals surface area contributed by atoms with E-state index in [1.807, 2.05) is 4.90 Å². The van der Waals surface area contributed by atoms with Crippen LogP contribution in [0.15, 0.2) is 0 Å². The highest BCUT2D eigenvalue weighted by molar-refractivity contribution is 7.91. The highest BCUT2D eigenvalue weighted by Gasteiger charge is 2.33. The second-order valence-corrected chi connectivity index (χ2v) is 6.51. The van der Waals surface area contributed by atoms with Crippen molar-refractivity contribution >= 4 is 15.7 Å². The fourth-order valence-electron chi connectivity index (χ4n) is 2.02. The number of carbonyl (C=O) groups excluding carboxylic acids is 1. The van der Waals surface area contributed by atoms with Crippen molar-refractivity contribution in [1.29, 1.82) is 0 Å². The zero-order valence-electron chi connectivity index (χ0n) is 9.43. The summed E-state index contributed by atoms with van der Waals surface area (Å²) in [4.78, 5) is 12.7. The van der Waals surface area contributed by atoms with Crippen molar-refractivity contribution in [3.63, 3.8) is 0 Å². The summed E-state index contributed by atoms with van der Waals surface area (Å²) in [5, 5.41) is 0. The molecule has 0 aromatic heterocycles. The highest BCUT2D eigenvalue weighted by Crippen LogP contribution is 2.19. The fraction of sp³-hybridized carbons (Fsp3) is 0.889. The van der Waals surface area contributed by atoms with Crippen LogP contribution in [0.25, 0.3) is 0 Å². The van der Waals surface area contributed by atoms with E-state index in [-0.39, 0.29) is 30.0 Å². The van der Waals surface area contributed by atoms with Crippen molar-refractivity contribution in [2.24, 2.45) is 11.5 Å². The van der Waals surface area contributed by atoms with E-state index in [2.05, 4.69) is 0 Å². The van der Waals surface area contributed by atoms with E-state index in [0.29, 0.717) is 13.0 Å². The predicted octanol–water partition coefficient (Wildman–Crippen LogP) is -1.69. The molecule has 4 N–H and O–H groups in total. The van der Waals surface area contributed by atoms with Crippen molar-refractivity contribution in [2.75, 3.05) is 25.1 Å². The number of primary amides is 1. The molecule has 1 amide bonds. The van der Waals surface area contributed by atoms with E-state index in [4.69, 9.17) is 11.5 Å². The molecule has 7 heteroatoms. The van der Waals surface area contributed by atoms with Crippen LogP contribution in [0.5, 0.6) is 0 Å². The van der Waals surface area contributed by atoms with Crippen LogP contribution in [0.3, 0.4) is 0 Å². The molecule has 0 bridgehead atoms. The van der Waals surface area contributed by atoms with Crippen LogP contribution in [0.4, 0.5) is 0 Å². The van der Waals surface area contributed by atoms with Crippen LogP contribution < -0.4 is 11.5 Å². The van der Waals surface area contributed by atoms with Gasteiger partial charge in [0.1, 0.15) is 0 Å². The molecule has 94 valence electrons. The number of sulfone groups is 1. The van der Waals surface area contributed by atoms with Crippen LogP contribution in [-0.2, 0) is 14.6 Å². The van der Waals surface area contributed by atoms with E-state index < -0.39 is 15.7 Å². The second-order valence-electron chi connectivity index (χ2n) is 4.28. The van der Waals surface area contributed by atoms with Gasteiger partial charge in [-0.2, -0.15) is 0 Å². The fourth-order valence-corrected chi connectivity index (χ4v) is 3.81. The standard InChI is InChI=1S/C9H19N3O3S/c1-12(8(5-10)4-9(11)13)7-2-3-16(14,15)6-7/h7-8H,2-6,10H2,1H3,(H2,11,13). The first-order chi connectivity index (χ1) is 7.35. The minimum atomic E-state index is -2.91. The monoisotopic (exact) mass is 249 g/mol. The van der Waals surface area contributed by atoms with Crippen LogP contribution in [0, 0.1) is 0 Å². The van der Waals surface area contributed by atoms with Crippen molar-refractivity contribution in [3.8, 4) is 0 Å². The Labute approximate surface area is 95.9 Å². The molecule has 2 atom stereocenters. The number of amides is 1. The molecule has 2 unspecified atom stereocenters. The molecule has 0 spiro atoms. The predicted molar refractivity (Wildman–Crippen MR) is 61.5 cm³/mol. The average Bonchev–Trinajstić information content (AvgIpc) is 2.54. The van der Waals surface area contributed by atoms with Gasteiger partial charge in [0, 0.05) is 25.0 Å². The first-order valence-corrected chi connectivity index (χ1v) is 7.08. The summed E-state index contributed by atoms with van der Waals surface area (Å²) in [6, 6.07) is -0.214. The lowest BCUT2D eigenvalue weighted by Gasteiger charge is -2.30. The van der Waals surface area contributed by atoms with Gasteiger partial charge in [-0.15, -0.1) is 0 Å². The summed E-state index contributed by atoms with van der Waals surface area (Å²) in [7, 11) is -1.11. The minimum absolute atomic E-state index is 0.0436. The molecule has 1 aliphatic heterocycles. The largest absolute Gasteiger partial charge is 0.370 e. The SMILES string of the molecule is CN(C(CN)CC(N)=O)C1CCS(=O)(=O)C1. The molecule has 16 heavy (non-hydrogen) atoms. The molecule has 0 saturated carbocycles. The third-order valence-corrected chi connectivity index (χ3v) is 4.82. The maximum atomic E-state index is 11.3. The van der Waals surface area contributed by atoms with Crippen LogP contribution in [-0.4, -0.2) is 56.4 Å². The van der Waals surface area contributed by atoms with Gasteiger partial charge in [-0.1, -0.05) is 0 Å². The number of nitrogens with two attached hydrogens (primary N) is 2. The Kier molecular flexibility index (Phi) is 4.28. The maximum Gasteiger partial charge on any atom is 0.219 e. The summed E-state index contributed by atoms with van der Waals surface area (Å²) in [6.07, 6.45) is 0.775. The zero-order chi connectivity index (χ0) is 12.3. The van der Waals surface area contributed by atoms with Gasteiger partial charge in [0.25, 0.3) is 0 Å². The number of rotatable bonds is 5. The quantitative estimate of drug-likeness (QED) is 0.604. The molecule has 1 saturated heterocycles. The van der Waals surface area contributed by atoms with Crippen LogP contribution in [0.2, 0.25) is 0 Å². The van der Waals surface area contributed by atoms with Crippen LogP contribution >= 0.6 is 0 Å². The van der Waals surface area contributed by atoms with E-state index in [9.17, 15) is 13.2 Å². The van der Waals surface area contributed by atoms with Crippen molar-refractivity contribution in [1.82, 2.24) is 4.90 Å². The molecular weight excluding hydrogens is 230 g/mol. The van der Waals surface area contributed by atoms with Gasteiger partial charge in [0.2, 0.25) is 5.91 Å². The molecule has 1 fully saturated rings. The van der Waals surface area contributed by atoms with Gasteiger partial charge in [-0.3, -0.25) is 9.69 Å². The Morgan fingerprint density at radius 3 is 2.56 bits per heavy atom. The Hall–Kier alpha value is -0.660. The smallest absolute Gasteiger partial charge is 0.219 e. The maximum absolute atomic E-state index is 11.3. The third-order valence-electron chi connectivity index (χ3n) is 3.07. The number of nitrogens with zero attached hydrogens (tertiary/aromatic N) is 1. The summed E-state index contributed by atoms with van der Waals surface area (Å²) in [5.74, 6) is -0.0441. The second kappa shape index (κ2) is 5.11. The molecular formula is C9H19N3O3S. The van der Waals surface area contributed by atoms with Crippen molar-refractivity contribution < 1.29 is 13.2 Å². The third kappa shape index (κ3) is 3.43. The molecule has 0 aromatic rings. The van der Waals surface area contributed by atoms with E-state index in [0.717, 1.165) is 0 Å². The van der Waals surface area contributed by atoms with Crippen molar-refractivity contribution in [3.05, 3.63) is 0 Å². The molecule has 1 aliphatic rings. The number of hydrogen-bond donors (Lipinski definition) is 2. The zero-order valence-corrected chi connectivity index (χ0v) is 10.2. The van der Waals surface area contributed by atoms with Gasteiger partial charge < -0.3 is 11.5 Å². The Morgan fingerprint density at radius 2 is 2.19 bits per heavy atom. The lowest BCUT2D eigenvalue weighted by atomic mass is 10.1. The van der Waals surface area contributed by atoms with Gasteiger partial charge in [0.05, 0.1) is 11.5 Å². The summed E-state index contributed by atoms with van der Waals surface area (Å²) in [6.45, 7) is 0.302. The topological polar surface area (TPSA) is 106 Å². The molecule has 1 heterocycles. The number of carbonyl (C=O) groups is 1.